The number of methoxy groups -OCH3 is 1. The Morgan fingerprint density at radius 3 is 2.56 bits per heavy atom. The number of halogens is 1. The maximum Gasteiger partial charge on any atom is 0.293 e. The number of hydrogen-bond acceptors (Lipinski definition) is 7. The Morgan fingerprint density at radius 1 is 1.22 bits per heavy atom. The molecule has 0 unspecified atom stereocenters. The van der Waals surface area contributed by atoms with Crippen molar-refractivity contribution >= 4 is 57.3 Å². The zero-order valence-electron chi connectivity index (χ0n) is 17.5. The van der Waals surface area contributed by atoms with Gasteiger partial charge in [0.1, 0.15) is 6.61 Å². The monoisotopic (exact) mass is 568 g/mol. The average molecular weight is 568 g/mol. The second-order valence-corrected chi connectivity index (χ2v) is 9.09. The number of unbranched alkanes of at least 4 members (excludes halogenated alkanes) is 1. The van der Waals surface area contributed by atoms with Crippen LogP contribution in [0.1, 0.15) is 30.9 Å². The van der Waals surface area contributed by atoms with E-state index < -0.39 is 4.92 Å². The molecule has 2 amide bonds. The van der Waals surface area contributed by atoms with E-state index in [1.54, 1.807) is 24.3 Å². The standard InChI is InChI=1S/C22H21IN2O6S/c1-3-4-9-24-21(26)19(32-22(24)27)12-15-10-17(23)20(18(11-15)30-2)31-13-14-5-7-16(8-6-14)25(28)29/h5-8,10-12H,3-4,9,13H2,1-2H3/b19-12-. The second kappa shape index (κ2) is 10.8. The summed E-state index contributed by atoms with van der Waals surface area (Å²) >= 11 is 3.05. The van der Waals surface area contributed by atoms with E-state index in [2.05, 4.69) is 22.6 Å². The molecule has 3 rings (SSSR count). The minimum Gasteiger partial charge on any atom is -0.493 e. The van der Waals surface area contributed by atoms with E-state index in [0.29, 0.717) is 22.9 Å². The highest BCUT2D eigenvalue weighted by molar-refractivity contribution is 14.1. The first kappa shape index (κ1) is 24.1. The van der Waals surface area contributed by atoms with Crippen LogP contribution in [0.15, 0.2) is 41.3 Å². The minimum atomic E-state index is -0.451. The summed E-state index contributed by atoms with van der Waals surface area (Å²) in [6.07, 6.45) is 3.36. The SMILES string of the molecule is CCCCN1C(=O)S/C(=C\c2cc(I)c(OCc3ccc([N+](=O)[O-])cc3)c(OC)c2)C1=O. The molecule has 1 aliphatic heterocycles. The molecule has 0 N–H and O–H groups in total. The van der Waals surface area contributed by atoms with Crippen LogP contribution in [0.3, 0.4) is 0 Å². The Kier molecular flexibility index (Phi) is 8.13. The summed E-state index contributed by atoms with van der Waals surface area (Å²) in [7, 11) is 1.52. The maximum atomic E-state index is 12.6. The van der Waals surface area contributed by atoms with E-state index in [1.165, 1.54) is 24.1 Å². The lowest BCUT2D eigenvalue weighted by Gasteiger charge is -2.14. The van der Waals surface area contributed by atoms with Crippen LogP contribution in [0.25, 0.3) is 6.08 Å². The lowest BCUT2D eigenvalue weighted by atomic mass is 10.1. The van der Waals surface area contributed by atoms with Crippen LogP contribution in [0.5, 0.6) is 11.5 Å². The fourth-order valence-electron chi connectivity index (χ4n) is 2.99. The highest BCUT2D eigenvalue weighted by atomic mass is 127. The van der Waals surface area contributed by atoms with Crippen LogP contribution in [0.2, 0.25) is 0 Å². The molecule has 0 saturated carbocycles. The van der Waals surface area contributed by atoms with Gasteiger partial charge >= 0.3 is 0 Å². The molecule has 8 nitrogen and oxygen atoms in total. The van der Waals surface area contributed by atoms with Gasteiger partial charge in [0.25, 0.3) is 16.8 Å². The molecule has 0 atom stereocenters. The molecule has 1 heterocycles. The zero-order valence-corrected chi connectivity index (χ0v) is 20.5. The molecule has 0 spiro atoms. The molecule has 168 valence electrons. The van der Waals surface area contributed by atoms with Gasteiger partial charge in [0.15, 0.2) is 11.5 Å². The highest BCUT2D eigenvalue weighted by Gasteiger charge is 2.34. The number of nitro benzene ring substituents is 1. The van der Waals surface area contributed by atoms with Gasteiger partial charge in [-0.1, -0.05) is 13.3 Å². The summed E-state index contributed by atoms with van der Waals surface area (Å²) in [6.45, 7) is 2.64. The summed E-state index contributed by atoms with van der Waals surface area (Å²) in [6, 6.07) is 9.72. The van der Waals surface area contributed by atoms with Gasteiger partial charge in [0.05, 0.1) is 20.5 Å². The number of nitrogens with zero attached hydrogens (tertiary/aromatic N) is 2. The van der Waals surface area contributed by atoms with Crippen molar-refractivity contribution in [3.63, 3.8) is 0 Å². The van der Waals surface area contributed by atoms with Crippen LogP contribution in [-0.4, -0.2) is 34.6 Å². The number of carbonyl (C=O) groups excluding carboxylic acids is 2. The summed E-state index contributed by atoms with van der Waals surface area (Å²) in [5, 5.41) is 10.5. The fourth-order valence-corrected chi connectivity index (χ4v) is 4.64. The molecule has 0 radical (unpaired) electrons. The number of nitro groups is 1. The van der Waals surface area contributed by atoms with Crippen molar-refractivity contribution in [3.05, 3.63) is 66.1 Å². The number of amides is 2. The van der Waals surface area contributed by atoms with Crippen LogP contribution in [-0.2, 0) is 11.4 Å². The molecular formula is C22H21IN2O6S. The molecule has 0 aromatic heterocycles. The van der Waals surface area contributed by atoms with Crippen LogP contribution in [0.4, 0.5) is 10.5 Å². The van der Waals surface area contributed by atoms with Crippen molar-refractivity contribution in [3.8, 4) is 11.5 Å². The smallest absolute Gasteiger partial charge is 0.293 e. The summed E-state index contributed by atoms with van der Waals surface area (Å²) in [5.41, 5.74) is 1.51. The van der Waals surface area contributed by atoms with E-state index >= 15 is 0 Å². The van der Waals surface area contributed by atoms with Gasteiger partial charge < -0.3 is 9.47 Å². The Labute approximate surface area is 203 Å². The van der Waals surface area contributed by atoms with Crippen LogP contribution < -0.4 is 9.47 Å². The first-order chi connectivity index (χ1) is 15.3. The molecule has 32 heavy (non-hydrogen) atoms. The van der Waals surface area contributed by atoms with Gasteiger partial charge in [0.2, 0.25) is 0 Å². The van der Waals surface area contributed by atoms with Gasteiger partial charge in [0, 0.05) is 18.7 Å². The Bertz CT molecular complexity index is 1070. The van der Waals surface area contributed by atoms with E-state index in [9.17, 15) is 19.7 Å². The quantitative estimate of drug-likeness (QED) is 0.168. The lowest BCUT2D eigenvalue weighted by Crippen LogP contribution is -2.29. The molecule has 1 fully saturated rings. The first-order valence-corrected chi connectivity index (χ1v) is 11.7. The predicted molar refractivity (Wildman–Crippen MR) is 131 cm³/mol. The summed E-state index contributed by atoms with van der Waals surface area (Å²) in [5.74, 6) is 0.732. The van der Waals surface area contributed by atoms with E-state index in [0.717, 1.165) is 39.3 Å². The molecule has 1 aliphatic rings. The topological polar surface area (TPSA) is 99.0 Å². The van der Waals surface area contributed by atoms with Crippen molar-refractivity contribution in [1.29, 1.82) is 0 Å². The Balaban J connectivity index is 1.77. The molecular weight excluding hydrogens is 547 g/mol. The molecule has 2 aromatic rings. The Hall–Kier alpha value is -2.60. The lowest BCUT2D eigenvalue weighted by molar-refractivity contribution is -0.384. The number of non-ortho nitro benzene ring substituents is 1. The molecule has 10 heteroatoms. The van der Waals surface area contributed by atoms with E-state index in [-0.39, 0.29) is 23.4 Å². The number of ether oxygens (including phenoxy) is 2. The highest BCUT2D eigenvalue weighted by Crippen LogP contribution is 2.37. The number of thioether (sulfide) groups is 1. The predicted octanol–water partition coefficient (Wildman–Crippen LogP) is 5.62. The van der Waals surface area contributed by atoms with Crippen LogP contribution >= 0.6 is 34.4 Å². The van der Waals surface area contributed by atoms with Gasteiger partial charge in [-0.3, -0.25) is 24.6 Å². The number of carbonyl (C=O) groups is 2. The number of rotatable bonds is 9. The maximum absolute atomic E-state index is 12.6. The first-order valence-electron chi connectivity index (χ1n) is 9.83. The van der Waals surface area contributed by atoms with Gasteiger partial charge in [-0.05, 0) is 82.2 Å². The third-order valence-corrected chi connectivity index (χ3v) is 6.40. The van der Waals surface area contributed by atoms with Crippen molar-refractivity contribution in [1.82, 2.24) is 4.90 Å². The third-order valence-electron chi connectivity index (χ3n) is 4.69. The number of benzene rings is 2. The van der Waals surface area contributed by atoms with Crippen molar-refractivity contribution in [2.75, 3.05) is 13.7 Å². The molecule has 0 aliphatic carbocycles. The van der Waals surface area contributed by atoms with Crippen LogP contribution in [0, 0.1) is 13.7 Å². The number of hydrogen-bond donors (Lipinski definition) is 0. The molecule has 2 aromatic carbocycles. The largest absolute Gasteiger partial charge is 0.493 e. The average Bonchev–Trinajstić information content (AvgIpc) is 3.03. The second-order valence-electron chi connectivity index (χ2n) is 6.93. The van der Waals surface area contributed by atoms with Gasteiger partial charge in [-0.15, -0.1) is 0 Å². The van der Waals surface area contributed by atoms with Gasteiger partial charge in [-0.25, -0.2) is 0 Å². The zero-order chi connectivity index (χ0) is 23.3. The van der Waals surface area contributed by atoms with Crippen molar-refractivity contribution in [2.45, 2.75) is 26.4 Å². The van der Waals surface area contributed by atoms with E-state index in [1.807, 2.05) is 13.0 Å². The van der Waals surface area contributed by atoms with Gasteiger partial charge in [-0.2, -0.15) is 0 Å². The summed E-state index contributed by atoms with van der Waals surface area (Å²) in [4.78, 5) is 36.7. The number of imide groups is 1. The summed E-state index contributed by atoms with van der Waals surface area (Å²) < 4.78 is 12.2. The van der Waals surface area contributed by atoms with Crippen molar-refractivity contribution < 1.29 is 24.0 Å². The Morgan fingerprint density at radius 2 is 1.94 bits per heavy atom. The normalized spacial score (nSPS) is 14.8. The minimum absolute atomic E-state index is 0.0179. The van der Waals surface area contributed by atoms with E-state index in [4.69, 9.17) is 9.47 Å². The van der Waals surface area contributed by atoms with Crippen molar-refractivity contribution in [2.24, 2.45) is 0 Å². The molecule has 1 saturated heterocycles. The molecule has 0 bridgehead atoms. The fraction of sp³-hybridized carbons (Fsp3) is 0.273. The third kappa shape index (κ3) is 5.60.